The van der Waals surface area contributed by atoms with Crippen molar-refractivity contribution in [3.8, 4) is 0 Å². The first-order chi connectivity index (χ1) is 14.3. The second-order valence-corrected chi connectivity index (χ2v) is 7.39. The number of hydrogen-bond donors (Lipinski definition) is 1. The fourth-order valence-electron chi connectivity index (χ4n) is 3.52. The van der Waals surface area contributed by atoms with Gasteiger partial charge in [0, 0.05) is 50.5 Å². The summed E-state index contributed by atoms with van der Waals surface area (Å²) in [4.78, 5) is 13.1. The van der Waals surface area contributed by atoms with E-state index in [-0.39, 0.29) is 0 Å². The number of anilines is 4. The van der Waals surface area contributed by atoms with Gasteiger partial charge in [-0.1, -0.05) is 0 Å². The zero-order valence-electron chi connectivity index (χ0n) is 16.8. The van der Waals surface area contributed by atoms with Crippen molar-refractivity contribution in [1.29, 1.82) is 0 Å². The molecule has 7 nitrogen and oxygen atoms in total. The average molecular weight is 390 g/mol. The number of piperidine rings is 1. The van der Waals surface area contributed by atoms with E-state index in [2.05, 4.69) is 54.6 Å². The lowest BCUT2D eigenvalue weighted by molar-refractivity contribution is 0.578. The monoisotopic (exact) mass is 389 g/mol. The Balaban J connectivity index is 1.36. The second kappa shape index (κ2) is 9.32. The van der Waals surface area contributed by atoms with Crippen LogP contribution in [0.25, 0.3) is 0 Å². The molecule has 29 heavy (non-hydrogen) atoms. The van der Waals surface area contributed by atoms with Crippen LogP contribution >= 0.6 is 0 Å². The summed E-state index contributed by atoms with van der Waals surface area (Å²) in [6, 6.07) is 12.6. The van der Waals surface area contributed by atoms with Gasteiger partial charge in [-0.3, -0.25) is 4.98 Å². The lowest BCUT2D eigenvalue weighted by atomic mass is 10.1. The topological polar surface area (TPSA) is 70.1 Å². The molecule has 1 aliphatic heterocycles. The second-order valence-electron chi connectivity index (χ2n) is 7.39. The van der Waals surface area contributed by atoms with Crippen molar-refractivity contribution in [3.63, 3.8) is 0 Å². The molecule has 1 fully saturated rings. The maximum absolute atomic E-state index is 4.61. The van der Waals surface area contributed by atoms with Crippen LogP contribution in [0.15, 0.2) is 55.0 Å². The van der Waals surface area contributed by atoms with E-state index >= 15 is 0 Å². The molecule has 0 atom stereocenters. The smallest absolute Gasteiger partial charge is 0.247 e. The molecule has 4 rings (SSSR count). The lowest BCUT2D eigenvalue weighted by Gasteiger charge is -2.28. The Labute approximate surface area is 171 Å². The highest BCUT2D eigenvalue weighted by Gasteiger charge is 2.11. The summed E-state index contributed by atoms with van der Waals surface area (Å²) in [5.74, 6) is 1.30. The van der Waals surface area contributed by atoms with E-state index in [0.29, 0.717) is 11.8 Å². The summed E-state index contributed by atoms with van der Waals surface area (Å²) in [6.45, 7) is 3.11. The van der Waals surface area contributed by atoms with E-state index in [1.54, 1.807) is 6.20 Å². The van der Waals surface area contributed by atoms with Crippen LogP contribution in [-0.2, 0) is 6.42 Å². The molecular formula is C22H27N7. The first-order valence-electron chi connectivity index (χ1n) is 10.2. The van der Waals surface area contributed by atoms with Gasteiger partial charge in [0.25, 0.3) is 0 Å². The van der Waals surface area contributed by atoms with E-state index in [1.165, 1.54) is 30.5 Å². The number of likely N-dealkylation sites (N-methyl/N-ethyl adjacent to an activating group) is 1. The molecular weight excluding hydrogens is 362 g/mol. The molecule has 0 spiro atoms. The summed E-state index contributed by atoms with van der Waals surface area (Å²) < 4.78 is 0. The molecule has 1 aliphatic rings. The maximum Gasteiger partial charge on any atom is 0.247 e. The number of benzene rings is 1. The van der Waals surface area contributed by atoms with E-state index in [1.807, 2.05) is 36.5 Å². The average Bonchev–Trinajstić information content (AvgIpc) is 2.79. The highest BCUT2D eigenvalue weighted by Crippen LogP contribution is 2.23. The highest BCUT2D eigenvalue weighted by molar-refractivity contribution is 5.61. The molecule has 1 saturated heterocycles. The summed E-state index contributed by atoms with van der Waals surface area (Å²) in [5, 5.41) is 11.6. The summed E-state index contributed by atoms with van der Waals surface area (Å²) in [7, 11) is 1.98. The molecule has 0 amide bonds. The van der Waals surface area contributed by atoms with Crippen molar-refractivity contribution < 1.29 is 0 Å². The zero-order valence-corrected chi connectivity index (χ0v) is 16.8. The van der Waals surface area contributed by atoms with Crippen LogP contribution in [0.1, 0.15) is 24.8 Å². The van der Waals surface area contributed by atoms with Gasteiger partial charge in [-0.05, 0) is 67.6 Å². The molecule has 0 unspecified atom stereocenters. The Hall–Kier alpha value is -3.22. The normalized spacial score (nSPS) is 13.9. The van der Waals surface area contributed by atoms with Gasteiger partial charge in [0.05, 0.1) is 6.20 Å². The third-order valence-electron chi connectivity index (χ3n) is 5.24. The van der Waals surface area contributed by atoms with Crippen LogP contribution in [0, 0.1) is 0 Å². The Morgan fingerprint density at radius 3 is 2.52 bits per heavy atom. The quantitative estimate of drug-likeness (QED) is 0.661. The van der Waals surface area contributed by atoms with Crippen molar-refractivity contribution in [2.75, 3.05) is 41.8 Å². The molecule has 2 aromatic heterocycles. The van der Waals surface area contributed by atoms with Crippen molar-refractivity contribution in [1.82, 2.24) is 20.2 Å². The van der Waals surface area contributed by atoms with Crippen molar-refractivity contribution in [3.05, 3.63) is 60.6 Å². The molecule has 1 aromatic carbocycles. The van der Waals surface area contributed by atoms with Gasteiger partial charge in [-0.2, -0.15) is 10.1 Å². The first kappa shape index (κ1) is 19.1. The predicted octanol–water partition coefficient (Wildman–Crippen LogP) is 3.68. The number of hydrogen-bond acceptors (Lipinski definition) is 7. The number of aromatic nitrogens is 4. The van der Waals surface area contributed by atoms with Gasteiger partial charge in [-0.15, -0.1) is 5.10 Å². The predicted molar refractivity (Wildman–Crippen MR) is 117 cm³/mol. The summed E-state index contributed by atoms with van der Waals surface area (Å²) in [6.07, 6.45) is 10.1. The highest BCUT2D eigenvalue weighted by atomic mass is 15.3. The van der Waals surface area contributed by atoms with E-state index in [9.17, 15) is 0 Å². The minimum atomic E-state index is 0.606. The molecule has 0 radical (unpaired) electrons. The van der Waals surface area contributed by atoms with E-state index < -0.39 is 0 Å². The van der Waals surface area contributed by atoms with Gasteiger partial charge in [0.15, 0.2) is 5.82 Å². The minimum absolute atomic E-state index is 0.606. The van der Waals surface area contributed by atoms with Crippen LogP contribution < -0.4 is 15.1 Å². The fraction of sp³-hybridized carbons (Fsp3) is 0.364. The largest absolute Gasteiger partial charge is 0.372 e. The van der Waals surface area contributed by atoms with Crippen LogP contribution in [0.3, 0.4) is 0 Å². The molecule has 1 N–H and O–H groups in total. The SMILES string of the molecule is CN(CCc1ccncc1)c1nncc(Nc2ccc(N3CCCCC3)cc2)n1. The van der Waals surface area contributed by atoms with Crippen LogP contribution in [0.5, 0.6) is 0 Å². The zero-order chi connectivity index (χ0) is 19.9. The van der Waals surface area contributed by atoms with Crippen LogP contribution in [0.4, 0.5) is 23.1 Å². The molecule has 150 valence electrons. The van der Waals surface area contributed by atoms with Crippen LogP contribution in [0.2, 0.25) is 0 Å². The Morgan fingerprint density at radius 2 is 1.76 bits per heavy atom. The Bertz CT molecular complexity index is 893. The Kier molecular flexibility index (Phi) is 6.14. The van der Waals surface area contributed by atoms with Gasteiger partial charge in [0.1, 0.15) is 0 Å². The van der Waals surface area contributed by atoms with Gasteiger partial charge >= 0.3 is 0 Å². The van der Waals surface area contributed by atoms with E-state index in [4.69, 9.17) is 0 Å². The van der Waals surface area contributed by atoms with Crippen molar-refractivity contribution >= 4 is 23.1 Å². The van der Waals surface area contributed by atoms with Gasteiger partial charge in [0.2, 0.25) is 5.95 Å². The summed E-state index contributed by atoms with van der Waals surface area (Å²) >= 11 is 0. The first-order valence-corrected chi connectivity index (χ1v) is 10.2. The number of nitrogens with one attached hydrogen (secondary N) is 1. The molecule has 0 aliphatic carbocycles. The number of rotatable bonds is 7. The third-order valence-corrected chi connectivity index (χ3v) is 5.24. The van der Waals surface area contributed by atoms with Crippen molar-refractivity contribution in [2.45, 2.75) is 25.7 Å². The minimum Gasteiger partial charge on any atom is -0.372 e. The van der Waals surface area contributed by atoms with Crippen LogP contribution in [-0.4, -0.2) is 46.8 Å². The molecule has 7 heteroatoms. The number of nitrogens with zero attached hydrogens (tertiary/aromatic N) is 6. The Morgan fingerprint density at radius 1 is 1.00 bits per heavy atom. The van der Waals surface area contributed by atoms with Gasteiger partial charge in [-0.25, -0.2) is 0 Å². The van der Waals surface area contributed by atoms with E-state index in [0.717, 1.165) is 31.7 Å². The maximum atomic E-state index is 4.61. The fourth-order valence-corrected chi connectivity index (χ4v) is 3.52. The molecule has 3 aromatic rings. The van der Waals surface area contributed by atoms with Crippen molar-refractivity contribution in [2.24, 2.45) is 0 Å². The molecule has 3 heterocycles. The van der Waals surface area contributed by atoms with Gasteiger partial charge < -0.3 is 15.1 Å². The third kappa shape index (κ3) is 5.19. The number of pyridine rings is 1. The standard InChI is InChI=1S/C22H27N7/c1-28(16-11-18-9-12-23-13-10-18)22-26-21(17-24-27-22)25-19-5-7-20(8-6-19)29-14-3-2-4-15-29/h5-10,12-13,17H,2-4,11,14-16H2,1H3,(H,25,26,27). The molecule has 0 bridgehead atoms. The lowest BCUT2D eigenvalue weighted by Crippen LogP contribution is -2.29. The molecule has 0 saturated carbocycles. The summed E-state index contributed by atoms with van der Waals surface area (Å²) in [5.41, 5.74) is 3.52.